The maximum Gasteiger partial charge on any atom is 0.240 e. The van der Waals surface area contributed by atoms with E-state index in [4.69, 9.17) is 5.73 Å². The van der Waals surface area contributed by atoms with Gasteiger partial charge in [-0.1, -0.05) is 30.3 Å². The third-order valence-electron chi connectivity index (χ3n) is 5.67. The van der Waals surface area contributed by atoms with Gasteiger partial charge in [-0.15, -0.1) is 24.8 Å². The second kappa shape index (κ2) is 7.61. The molecule has 2 atom stereocenters. The monoisotopic (exact) mass is 371 g/mol. The standard InChI is InChI=1S/C18H25N3O.2ClH/c19-18(8-9-18)17(22)20-14-10-15-6-7-16(11-14)21(15)12-13-4-2-1-3-5-13;;/h1-5,14-16H,6-12,19H2,(H,20,22);2*1H. The second-order valence-electron chi connectivity index (χ2n) is 7.34. The van der Waals surface area contributed by atoms with Crippen LogP contribution < -0.4 is 11.1 Å². The van der Waals surface area contributed by atoms with Crippen molar-refractivity contribution in [3.8, 4) is 0 Å². The molecule has 134 valence electrons. The molecule has 2 heterocycles. The van der Waals surface area contributed by atoms with Crippen LogP contribution in [0.4, 0.5) is 0 Å². The average molecular weight is 372 g/mol. The number of nitrogens with one attached hydrogen (secondary N) is 1. The van der Waals surface area contributed by atoms with E-state index >= 15 is 0 Å². The Kier molecular flexibility index (Phi) is 6.19. The number of hydrogen-bond acceptors (Lipinski definition) is 3. The lowest BCUT2D eigenvalue weighted by atomic mass is 9.96. The molecular weight excluding hydrogens is 345 g/mol. The van der Waals surface area contributed by atoms with Gasteiger partial charge in [0.2, 0.25) is 5.91 Å². The molecule has 6 heteroatoms. The quantitative estimate of drug-likeness (QED) is 0.854. The maximum atomic E-state index is 12.2. The Hall–Kier alpha value is -0.810. The first kappa shape index (κ1) is 19.5. The molecule has 24 heavy (non-hydrogen) atoms. The maximum absolute atomic E-state index is 12.2. The zero-order chi connectivity index (χ0) is 15.2. The molecule has 1 aromatic rings. The van der Waals surface area contributed by atoms with Crippen molar-refractivity contribution in [1.29, 1.82) is 0 Å². The van der Waals surface area contributed by atoms with E-state index in [1.54, 1.807) is 0 Å². The molecule has 0 aromatic heterocycles. The van der Waals surface area contributed by atoms with Crippen LogP contribution in [-0.4, -0.2) is 34.5 Å². The van der Waals surface area contributed by atoms with E-state index in [-0.39, 0.29) is 30.7 Å². The van der Waals surface area contributed by atoms with Gasteiger partial charge >= 0.3 is 0 Å². The summed E-state index contributed by atoms with van der Waals surface area (Å²) >= 11 is 0. The van der Waals surface area contributed by atoms with Gasteiger partial charge in [0.1, 0.15) is 0 Å². The summed E-state index contributed by atoms with van der Waals surface area (Å²) in [5.41, 5.74) is 6.85. The first-order valence-corrected chi connectivity index (χ1v) is 8.53. The van der Waals surface area contributed by atoms with Crippen molar-refractivity contribution in [3.63, 3.8) is 0 Å². The predicted molar refractivity (Wildman–Crippen MR) is 101 cm³/mol. The number of amides is 1. The summed E-state index contributed by atoms with van der Waals surface area (Å²) in [6, 6.07) is 12.2. The molecule has 3 fully saturated rings. The summed E-state index contributed by atoms with van der Waals surface area (Å²) in [4.78, 5) is 14.8. The minimum atomic E-state index is -0.541. The van der Waals surface area contributed by atoms with E-state index in [0.717, 1.165) is 32.2 Å². The molecule has 1 aliphatic carbocycles. The summed E-state index contributed by atoms with van der Waals surface area (Å²) < 4.78 is 0. The molecule has 2 bridgehead atoms. The molecular formula is C18H27Cl2N3O. The molecule has 4 rings (SSSR count). The summed E-state index contributed by atoms with van der Waals surface area (Å²) in [5.74, 6) is 0.0772. The number of carbonyl (C=O) groups is 1. The fraction of sp³-hybridized carbons (Fsp3) is 0.611. The van der Waals surface area contributed by atoms with Gasteiger partial charge in [-0.05, 0) is 44.1 Å². The van der Waals surface area contributed by atoms with Crippen LogP contribution in [0.15, 0.2) is 30.3 Å². The van der Waals surface area contributed by atoms with Crippen LogP contribution in [0, 0.1) is 0 Å². The minimum Gasteiger partial charge on any atom is -0.352 e. The molecule has 2 saturated heterocycles. The Labute approximate surface area is 156 Å². The van der Waals surface area contributed by atoms with Gasteiger partial charge in [0.15, 0.2) is 0 Å². The summed E-state index contributed by atoms with van der Waals surface area (Å²) in [6.07, 6.45) is 6.36. The van der Waals surface area contributed by atoms with E-state index in [0.29, 0.717) is 18.1 Å². The first-order chi connectivity index (χ1) is 10.6. The highest BCUT2D eigenvalue weighted by Crippen LogP contribution is 2.38. The largest absolute Gasteiger partial charge is 0.352 e. The SMILES string of the molecule is Cl.Cl.NC1(C(=O)NC2CC3CCC(C2)N3Cc2ccccc2)CC1. The van der Waals surface area contributed by atoms with Crippen LogP contribution in [0.3, 0.4) is 0 Å². The number of fused-ring (bicyclic) bond motifs is 2. The Balaban J connectivity index is 0.00000104. The van der Waals surface area contributed by atoms with Crippen LogP contribution in [0.25, 0.3) is 0 Å². The molecule has 4 nitrogen and oxygen atoms in total. The lowest BCUT2D eigenvalue weighted by molar-refractivity contribution is -0.124. The zero-order valence-electron chi connectivity index (χ0n) is 13.8. The number of benzene rings is 1. The van der Waals surface area contributed by atoms with E-state index in [1.165, 1.54) is 18.4 Å². The fourth-order valence-corrected chi connectivity index (χ4v) is 4.14. The van der Waals surface area contributed by atoms with Gasteiger partial charge in [0.25, 0.3) is 0 Å². The Morgan fingerprint density at radius 3 is 2.25 bits per heavy atom. The number of carbonyl (C=O) groups excluding carboxylic acids is 1. The molecule has 0 radical (unpaired) electrons. The molecule has 1 saturated carbocycles. The number of hydrogen-bond donors (Lipinski definition) is 2. The van der Waals surface area contributed by atoms with Gasteiger partial charge in [-0.25, -0.2) is 0 Å². The van der Waals surface area contributed by atoms with Crippen LogP contribution in [-0.2, 0) is 11.3 Å². The van der Waals surface area contributed by atoms with Crippen molar-refractivity contribution in [1.82, 2.24) is 10.2 Å². The Morgan fingerprint density at radius 1 is 1.12 bits per heavy atom. The summed E-state index contributed by atoms with van der Waals surface area (Å²) in [5, 5.41) is 3.22. The molecule has 1 aromatic carbocycles. The highest BCUT2D eigenvalue weighted by atomic mass is 35.5. The van der Waals surface area contributed by atoms with Crippen molar-refractivity contribution in [2.24, 2.45) is 5.73 Å². The number of nitrogens with zero attached hydrogens (tertiary/aromatic N) is 1. The fourth-order valence-electron chi connectivity index (χ4n) is 4.14. The van der Waals surface area contributed by atoms with Gasteiger partial charge in [0.05, 0.1) is 5.54 Å². The zero-order valence-corrected chi connectivity index (χ0v) is 15.5. The van der Waals surface area contributed by atoms with Gasteiger partial charge in [-0.2, -0.15) is 0 Å². The average Bonchev–Trinajstić information content (AvgIpc) is 3.23. The Bertz CT molecular complexity index is 551. The minimum absolute atomic E-state index is 0. The van der Waals surface area contributed by atoms with Gasteiger partial charge < -0.3 is 11.1 Å². The highest BCUT2D eigenvalue weighted by Gasteiger charge is 2.48. The number of piperidine rings is 1. The molecule has 1 amide bonds. The lowest BCUT2D eigenvalue weighted by Crippen LogP contribution is -2.53. The highest BCUT2D eigenvalue weighted by molar-refractivity contribution is 5.89. The molecule has 2 unspecified atom stereocenters. The summed E-state index contributed by atoms with van der Waals surface area (Å²) in [6.45, 7) is 1.04. The van der Waals surface area contributed by atoms with Crippen molar-refractivity contribution in [3.05, 3.63) is 35.9 Å². The summed E-state index contributed by atoms with van der Waals surface area (Å²) in [7, 11) is 0. The third-order valence-corrected chi connectivity index (χ3v) is 5.67. The lowest BCUT2D eigenvalue weighted by Gasteiger charge is -2.39. The number of rotatable bonds is 4. The van der Waals surface area contributed by atoms with Crippen molar-refractivity contribution >= 4 is 30.7 Å². The van der Waals surface area contributed by atoms with Crippen LogP contribution in [0.1, 0.15) is 44.1 Å². The van der Waals surface area contributed by atoms with Crippen LogP contribution in [0.5, 0.6) is 0 Å². The smallest absolute Gasteiger partial charge is 0.240 e. The van der Waals surface area contributed by atoms with Crippen LogP contribution >= 0.6 is 24.8 Å². The molecule has 0 spiro atoms. The van der Waals surface area contributed by atoms with E-state index in [9.17, 15) is 4.79 Å². The van der Waals surface area contributed by atoms with Crippen LogP contribution in [0.2, 0.25) is 0 Å². The van der Waals surface area contributed by atoms with Gasteiger partial charge in [-0.3, -0.25) is 9.69 Å². The van der Waals surface area contributed by atoms with E-state index < -0.39 is 5.54 Å². The molecule has 3 aliphatic rings. The third kappa shape index (κ3) is 3.88. The number of halogens is 2. The molecule has 3 N–H and O–H groups in total. The van der Waals surface area contributed by atoms with Gasteiger partial charge in [0, 0.05) is 24.7 Å². The van der Waals surface area contributed by atoms with Crippen molar-refractivity contribution in [2.75, 3.05) is 0 Å². The van der Waals surface area contributed by atoms with E-state index in [2.05, 4.69) is 40.5 Å². The van der Waals surface area contributed by atoms with Crippen molar-refractivity contribution < 1.29 is 4.79 Å². The first-order valence-electron chi connectivity index (χ1n) is 8.53. The van der Waals surface area contributed by atoms with E-state index in [1.807, 2.05) is 0 Å². The topological polar surface area (TPSA) is 58.4 Å². The number of nitrogens with two attached hydrogens (primary N) is 1. The Morgan fingerprint density at radius 2 is 1.71 bits per heavy atom. The molecule has 2 aliphatic heterocycles. The predicted octanol–water partition coefficient (Wildman–Crippen LogP) is 2.63. The second-order valence-corrected chi connectivity index (χ2v) is 7.34. The van der Waals surface area contributed by atoms with Crippen molar-refractivity contribution in [2.45, 2.75) is 68.7 Å². The normalized spacial score (nSPS) is 30.0.